The van der Waals surface area contributed by atoms with E-state index in [0.717, 1.165) is 5.56 Å². The summed E-state index contributed by atoms with van der Waals surface area (Å²) >= 11 is 11.8. The highest BCUT2D eigenvalue weighted by atomic mass is 35.5. The van der Waals surface area contributed by atoms with Gasteiger partial charge in [-0.2, -0.15) is 4.98 Å². The maximum atomic E-state index is 6.04. The van der Waals surface area contributed by atoms with Gasteiger partial charge in [0, 0.05) is 0 Å². The molecule has 3 nitrogen and oxygen atoms in total. The quantitative estimate of drug-likeness (QED) is 0.836. The average molecular weight is 269 g/mol. The van der Waals surface area contributed by atoms with Gasteiger partial charge in [0.25, 0.3) is 0 Å². The first-order valence-corrected chi connectivity index (χ1v) is 5.68. The Morgan fingerprint density at radius 1 is 1.18 bits per heavy atom. The summed E-state index contributed by atoms with van der Waals surface area (Å²) in [7, 11) is 0. The lowest BCUT2D eigenvalue weighted by Crippen LogP contribution is -1.95. The predicted molar refractivity (Wildman–Crippen MR) is 69.9 cm³/mol. The number of hydrogen-bond acceptors (Lipinski definition) is 3. The van der Waals surface area contributed by atoms with Crippen LogP contribution >= 0.6 is 23.2 Å². The number of aryl methyl sites for hydroxylation is 1. The van der Waals surface area contributed by atoms with Crippen molar-refractivity contribution in [3.8, 4) is 11.6 Å². The molecule has 0 aliphatic rings. The van der Waals surface area contributed by atoms with Crippen molar-refractivity contribution >= 4 is 28.9 Å². The summed E-state index contributed by atoms with van der Waals surface area (Å²) < 4.78 is 5.52. The SMILES string of the molecule is Cc1ccc(Oc2nc(Cl)ccc2N)c(Cl)c1. The number of aromatic nitrogens is 1. The topological polar surface area (TPSA) is 48.1 Å². The number of nitrogen functional groups attached to an aromatic ring is 1. The molecule has 1 heterocycles. The minimum absolute atomic E-state index is 0.253. The Kier molecular flexibility index (Phi) is 3.41. The van der Waals surface area contributed by atoms with Gasteiger partial charge in [0.05, 0.1) is 10.7 Å². The first kappa shape index (κ1) is 12.0. The zero-order valence-corrected chi connectivity index (χ0v) is 10.6. The number of nitrogens with two attached hydrogens (primary N) is 1. The maximum Gasteiger partial charge on any atom is 0.244 e. The summed E-state index contributed by atoms with van der Waals surface area (Å²) in [5.41, 5.74) is 7.19. The van der Waals surface area contributed by atoms with Gasteiger partial charge in [-0.1, -0.05) is 29.3 Å². The molecule has 88 valence electrons. The van der Waals surface area contributed by atoms with Gasteiger partial charge in [-0.3, -0.25) is 0 Å². The second kappa shape index (κ2) is 4.82. The lowest BCUT2D eigenvalue weighted by molar-refractivity contribution is 0.466. The van der Waals surface area contributed by atoms with Crippen molar-refractivity contribution in [3.05, 3.63) is 46.1 Å². The van der Waals surface area contributed by atoms with Crippen molar-refractivity contribution in [3.63, 3.8) is 0 Å². The van der Waals surface area contributed by atoms with Crippen LogP contribution in [0.5, 0.6) is 11.6 Å². The molecular formula is C12H10Cl2N2O. The Bertz CT molecular complexity index is 558. The molecule has 17 heavy (non-hydrogen) atoms. The van der Waals surface area contributed by atoms with Crippen molar-refractivity contribution in [1.82, 2.24) is 4.98 Å². The van der Waals surface area contributed by atoms with Crippen LogP contribution in [-0.4, -0.2) is 4.98 Å². The fourth-order valence-corrected chi connectivity index (χ4v) is 1.72. The van der Waals surface area contributed by atoms with Crippen LogP contribution in [0.25, 0.3) is 0 Å². The van der Waals surface area contributed by atoms with Crippen LogP contribution in [0.2, 0.25) is 10.2 Å². The van der Waals surface area contributed by atoms with E-state index in [1.807, 2.05) is 13.0 Å². The van der Waals surface area contributed by atoms with Gasteiger partial charge in [-0.05, 0) is 36.8 Å². The lowest BCUT2D eigenvalue weighted by Gasteiger charge is -2.09. The molecule has 2 aromatic rings. The van der Waals surface area contributed by atoms with Crippen molar-refractivity contribution in [2.45, 2.75) is 6.92 Å². The van der Waals surface area contributed by atoms with E-state index < -0.39 is 0 Å². The molecular weight excluding hydrogens is 259 g/mol. The van der Waals surface area contributed by atoms with Crippen molar-refractivity contribution in [1.29, 1.82) is 0 Å². The number of rotatable bonds is 2. The highest BCUT2D eigenvalue weighted by molar-refractivity contribution is 6.32. The van der Waals surface area contributed by atoms with E-state index in [4.69, 9.17) is 33.7 Å². The van der Waals surface area contributed by atoms with Crippen LogP contribution in [0.3, 0.4) is 0 Å². The van der Waals surface area contributed by atoms with Crippen LogP contribution < -0.4 is 10.5 Å². The van der Waals surface area contributed by atoms with Gasteiger partial charge in [0.2, 0.25) is 5.88 Å². The van der Waals surface area contributed by atoms with Gasteiger partial charge in [0.1, 0.15) is 10.9 Å². The van der Waals surface area contributed by atoms with Gasteiger partial charge >= 0.3 is 0 Å². The molecule has 2 rings (SSSR count). The van der Waals surface area contributed by atoms with Crippen molar-refractivity contribution in [2.75, 3.05) is 5.73 Å². The predicted octanol–water partition coefficient (Wildman–Crippen LogP) is 4.07. The standard InChI is InChI=1S/C12H10Cl2N2O/c1-7-2-4-10(8(13)6-7)17-12-9(15)3-5-11(14)16-12/h2-6H,15H2,1H3. The summed E-state index contributed by atoms with van der Waals surface area (Å²) in [5.74, 6) is 0.752. The lowest BCUT2D eigenvalue weighted by atomic mass is 10.2. The molecule has 0 aliphatic heterocycles. The smallest absolute Gasteiger partial charge is 0.244 e. The Balaban J connectivity index is 2.34. The van der Waals surface area contributed by atoms with Crippen LogP contribution in [0.4, 0.5) is 5.69 Å². The average Bonchev–Trinajstić information content (AvgIpc) is 2.27. The zero-order valence-electron chi connectivity index (χ0n) is 9.08. The molecule has 0 unspecified atom stereocenters. The second-order valence-corrected chi connectivity index (χ2v) is 4.36. The Labute approximate surface area is 109 Å². The number of benzene rings is 1. The van der Waals surface area contributed by atoms with Crippen LogP contribution in [0.15, 0.2) is 30.3 Å². The van der Waals surface area contributed by atoms with E-state index >= 15 is 0 Å². The summed E-state index contributed by atoms with van der Waals surface area (Å²) in [6, 6.07) is 8.69. The molecule has 1 aromatic carbocycles. The first-order chi connectivity index (χ1) is 8.06. The molecule has 2 N–H and O–H groups in total. The molecule has 0 spiro atoms. The molecule has 0 atom stereocenters. The highest BCUT2D eigenvalue weighted by Crippen LogP contribution is 2.32. The maximum absolute atomic E-state index is 6.04. The number of halogens is 2. The molecule has 0 aliphatic carbocycles. The monoisotopic (exact) mass is 268 g/mol. The van der Waals surface area contributed by atoms with Gasteiger partial charge in [-0.25, -0.2) is 0 Å². The number of anilines is 1. The molecule has 0 radical (unpaired) electrons. The van der Waals surface area contributed by atoms with E-state index in [9.17, 15) is 0 Å². The van der Waals surface area contributed by atoms with Gasteiger partial charge in [0.15, 0.2) is 0 Å². The molecule has 0 saturated heterocycles. The first-order valence-electron chi connectivity index (χ1n) is 4.92. The summed E-state index contributed by atoms with van der Waals surface area (Å²) in [5, 5.41) is 0.823. The third-order valence-electron chi connectivity index (χ3n) is 2.15. The van der Waals surface area contributed by atoms with Gasteiger partial charge < -0.3 is 10.5 Å². The largest absolute Gasteiger partial charge is 0.435 e. The third kappa shape index (κ3) is 2.81. The summed E-state index contributed by atoms with van der Waals surface area (Å²) in [6.07, 6.45) is 0. The third-order valence-corrected chi connectivity index (χ3v) is 2.66. The minimum atomic E-state index is 0.253. The van der Waals surface area contributed by atoms with Crippen LogP contribution in [0, 0.1) is 6.92 Å². The second-order valence-electron chi connectivity index (χ2n) is 3.56. The number of pyridine rings is 1. The van der Waals surface area contributed by atoms with E-state index in [0.29, 0.717) is 21.6 Å². The molecule has 0 saturated carbocycles. The summed E-state index contributed by atoms with van der Waals surface area (Å²) in [6.45, 7) is 1.95. The fraction of sp³-hybridized carbons (Fsp3) is 0.0833. The number of ether oxygens (including phenoxy) is 1. The molecule has 0 amide bonds. The summed E-state index contributed by atoms with van der Waals surface area (Å²) in [4.78, 5) is 3.99. The minimum Gasteiger partial charge on any atom is -0.435 e. The highest BCUT2D eigenvalue weighted by Gasteiger charge is 2.08. The van der Waals surface area contributed by atoms with Crippen LogP contribution in [-0.2, 0) is 0 Å². The van der Waals surface area contributed by atoms with E-state index in [2.05, 4.69) is 4.98 Å². The molecule has 0 bridgehead atoms. The molecule has 1 aromatic heterocycles. The van der Waals surface area contributed by atoms with Crippen molar-refractivity contribution < 1.29 is 4.74 Å². The Morgan fingerprint density at radius 2 is 1.94 bits per heavy atom. The van der Waals surface area contributed by atoms with Crippen molar-refractivity contribution in [2.24, 2.45) is 0 Å². The van der Waals surface area contributed by atoms with Gasteiger partial charge in [-0.15, -0.1) is 0 Å². The van der Waals surface area contributed by atoms with Crippen LogP contribution in [0.1, 0.15) is 5.56 Å². The normalized spacial score (nSPS) is 10.3. The number of hydrogen-bond donors (Lipinski definition) is 1. The number of nitrogens with zero attached hydrogens (tertiary/aromatic N) is 1. The van der Waals surface area contributed by atoms with E-state index in [1.165, 1.54) is 0 Å². The zero-order chi connectivity index (χ0) is 12.4. The van der Waals surface area contributed by atoms with E-state index in [-0.39, 0.29) is 5.88 Å². The fourth-order valence-electron chi connectivity index (χ4n) is 1.30. The Morgan fingerprint density at radius 3 is 2.65 bits per heavy atom. The van der Waals surface area contributed by atoms with E-state index in [1.54, 1.807) is 24.3 Å². The molecule has 0 fully saturated rings. The Hall–Kier alpha value is -1.45. The molecule has 5 heteroatoms.